The van der Waals surface area contributed by atoms with Gasteiger partial charge in [-0.15, -0.1) is 0 Å². The molecular formula is C18H14N8S2. The molecule has 5 rings (SSSR count). The maximum Gasteiger partial charge on any atom is 0.181 e. The molecule has 5 heterocycles. The van der Waals surface area contributed by atoms with Crippen molar-refractivity contribution in [2.24, 2.45) is 0 Å². The molecule has 0 unspecified atom stereocenters. The van der Waals surface area contributed by atoms with Crippen molar-refractivity contribution in [1.29, 1.82) is 0 Å². The number of fused-ring (bicyclic) bond motifs is 1. The topological polar surface area (TPSA) is 96.7 Å². The molecule has 0 bridgehead atoms. The van der Waals surface area contributed by atoms with Crippen molar-refractivity contribution in [2.45, 2.75) is 16.8 Å². The quantitative estimate of drug-likeness (QED) is 0.452. The van der Waals surface area contributed by atoms with E-state index in [1.165, 1.54) is 11.5 Å². The Kier molecular flexibility index (Phi) is 4.26. The zero-order chi connectivity index (χ0) is 18.9. The Morgan fingerprint density at radius 3 is 2.86 bits per heavy atom. The van der Waals surface area contributed by atoms with Gasteiger partial charge in [0, 0.05) is 35.2 Å². The van der Waals surface area contributed by atoms with E-state index in [1.807, 2.05) is 48.1 Å². The van der Waals surface area contributed by atoms with Gasteiger partial charge in [0.1, 0.15) is 10.0 Å². The normalized spacial score (nSPS) is 11.2. The summed E-state index contributed by atoms with van der Waals surface area (Å²) in [4.78, 5) is 14.5. The van der Waals surface area contributed by atoms with E-state index in [-0.39, 0.29) is 0 Å². The molecule has 5 aromatic rings. The van der Waals surface area contributed by atoms with E-state index in [9.17, 15) is 0 Å². The molecule has 0 aromatic carbocycles. The Bertz CT molecular complexity index is 1230. The van der Waals surface area contributed by atoms with Gasteiger partial charge in [-0.25, -0.2) is 9.97 Å². The lowest BCUT2D eigenvalue weighted by Crippen LogP contribution is -2.00. The van der Waals surface area contributed by atoms with Crippen LogP contribution in [-0.2, 0) is 0 Å². The van der Waals surface area contributed by atoms with Crippen molar-refractivity contribution in [1.82, 2.24) is 33.9 Å². The Labute approximate surface area is 168 Å². The first-order valence-electron chi connectivity index (χ1n) is 8.42. The molecule has 0 fully saturated rings. The highest BCUT2D eigenvalue weighted by Crippen LogP contribution is 2.32. The molecule has 0 atom stereocenters. The van der Waals surface area contributed by atoms with Crippen molar-refractivity contribution < 1.29 is 0 Å². The fourth-order valence-corrected chi connectivity index (χ4v) is 4.22. The molecule has 0 aliphatic carbocycles. The van der Waals surface area contributed by atoms with Gasteiger partial charge in [-0.3, -0.25) is 14.5 Å². The van der Waals surface area contributed by atoms with Crippen LogP contribution in [0.1, 0.15) is 5.69 Å². The summed E-state index contributed by atoms with van der Waals surface area (Å²) in [6.45, 7) is 1.97. The second-order valence-electron chi connectivity index (χ2n) is 5.99. The van der Waals surface area contributed by atoms with E-state index in [0.29, 0.717) is 5.82 Å². The first kappa shape index (κ1) is 16.9. The van der Waals surface area contributed by atoms with Gasteiger partial charge in [0.25, 0.3) is 0 Å². The molecule has 0 saturated heterocycles. The van der Waals surface area contributed by atoms with E-state index in [4.69, 9.17) is 4.98 Å². The molecule has 0 radical (unpaired) electrons. The van der Waals surface area contributed by atoms with Crippen LogP contribution < -0.4 is 5.32 Å². The van der Waals surface area contributed by atoms with Gasteiger partial charge in [0.05, 0.1) is 23.8 Å². The van der Waals surface area contributed by atoms with E-state index < -0.39 is 0 Å². The van der Waals surface area contributed by atoms with E-state index in [1.54, 1.807) is 30.4 Å². The summed E-state index contributed by atoms with van der Waals surface area (Å²) in [6, 6.07) is 5.91. The third kappa shape index (κ3) is 3.23. The second kappa shape index (κ2) is 7.06. The molecule has 28 heavy (non-hydrogen) atoms. The lowest BCUT2D eigenvalue weighted by Gasteiger charge is -2.09. The molecule has 0 spiro atoms. The molecule has 138 valence electrons. The highest BCUT2D eigenvalue weighted by Gasteiger charge is 2.15. The highest BCUT2D eigenvalue weighted by molar-refractivity contribution is 7.99. The number of aryl methyl sites for hydroxylation is 1. The number of hydrogen-bond acceptors (Lipinski definition) is 8. The van der Waals surface area contributed by atoms with Crippen LogP contribution in [0.15, 0.2) is 65.3 Å². The van der Waals surface area contributed by atoms with Gasteiger partial charge in [-0.2, -0.15) is 9.47 Å². The fraction of sp³-hybridized carbons (Fsp3) is 0.0556. The number of imidazole rings is 1. The van der Waals surface area contributed by atoms with E-state index >= 15 is 0 Å². The summed E-state index contributed by atoms with van der Waals surface area (Å²) < 4.78 is 6.35. The smallest absolute Gasteiger partial charge is 0.181 e. The fourth-order valence-electron chi connectivity index (χ4n) is 2.77. The number of anilines is 2. The van der Waals surface area contributed by atoms with Crippen LogP contribution in [0.3, 0.4) is 0 Å². The molecule has 0 saturated carbocycles. The molecule has 0 aliphatic heterocycles. The maximum atomic E-state index is 4.80. The molecule has 10 heteroatoms. The van der Waals surface area contributed by atoms with Crippen LogP contribution in [0.5, 0.6) is 0 Å². The predicted octanol–water partition coefficient (Wildman–Crippen LogP) is 4.17. The number of aromatic nitrogens is 7. The summed E-state index contributed by atoms with van der Waals surface area (Å²) in [5.74, 6) is 0.678. The Hall–Kier alpha value is -3.24. The summed E-state index contributed by atoms with van der Waals surface area (Å²) in [7, 11) is 0. The number of aromatic amines is 1. The first-order chi connectivity index (χ1) is 13.8. The molecule has 2 N–H and O–H groups in total. The number of nitrogens with one attached hydrogen (secondary N) is 2. The SMILES string of the molecule is Cc1cc(Nc2nc(Sc3ccncc3)cn3c(-c4cn[nH]c4)cnc23)sn1. The van der Waals surface area contributed by atoms with Gasteiger partial charge in [-0.1, -0.05) is 11.8 Å². The Morgan fingerprint density at radius 1 is 1.21 bits per heavy atom. The van der Waals surface area contributed by atoms with Gasteiger partial charge in [-0.05, 0) is 36.7 Å². The third-order valence-corrected chi connectivity index (χ3v) is 5.72. The molecular weight excluding hydrogens is 392 g/mol. The van der Waals surface area contributed by atoms with Crippen LogP contribution in [0.25, 0.3) is 16.9 Å². The van der Waals surface area contributed by atoms with Crippen molar-refractivity contribution in [3.63, 3.8) is 0 Å². The Morgan fingerprint density at radius 2 is 2.11 bits per heavy atom. The lowest BCUT2D eigenvalue weighted by atomic mass is 10.3. The van der Waals surface area contributed by atoms with Crippen molar-refractivity contribution in [2.75, 3.05) is 5.32 Å². The molecule has 0 aliphatic rings. The summed E-state index contributed by atoms with van der Waals surface area (Å²) in [5, 5.41) is 12.0. The van der Waals surface area contributed by atoms with Crippen LogP contribution in [0.2, 0.25) is 0 Å². The van der Waals surface area contributed by atoms with Crippen molar-refractivity contribution in [3.8, 4) is 11.3 Å². The summed E-state index contributed by atoms with van der Waals surface area (Å²) >= 11 is 2.97. The van der Waals surface area contributed by atoms with Crippen LogP contribution in [0, 0.1) is 6.92 Å². The second-order valence-corrected chi connectivity index (χ2v) is 7.89. The maximum absolute atomic E-state index is 4.80. The number of pyridine rings is 1. The predicted molar refractivity (Wildman–Crippen MR) is 109 cm³/mol. The monoisotopic (exact) mass is 406 g/mol. The summed E-state index contributed by atoms with van der Waals surface area (Å²) in [5.41, 5.74) is 3.60. The standard InChI is InChI=1S/C18H14N8S2/c1-11-6-15(28-25-11)23-17-18-20-9-14(12-7-21-22-8-12)26(18)10-16(24-17)27-13-2-4-19-5-3-13/h2-10H,1H3,(H,21,22)(H,23,24). The molecule has 8 nitrogen and oxygen atoms in total. The summed E-state index contributed by atoms with van der Waals surface area (Å²) in [6.07, 6.45) is 11.0. The van der Waals surface area contributed by atoms with Crippen LogP contribution in [-0.4, -0.2) is 33.9 Å². The van der Waals surface area contributed by atoms with E-state index in [0.717, 1.165) is 37.5 Å². The zero-order valence-corrected chi connectivity index (χ0v) is 16.3. The van der Waals surface area contributed by atoms with Crippen molar-refractivity contribution >= 4 is 39.8 Å². The van der Waals surface area contributed by atoms with Gasteiger partial charge >= 0.3 is 0 Å². The third-order valence-electron chi connectivity index (χ3n) is 4.01. The number of nitrogens with zero attached hydrogens (tertiary/aromatic N) is 6. The largest absolute Gasteiger partial charge is 0.328 e. The van der Waals surface area contributed by atoms with Crippen LogP contribution >= 0.6 is 23.3 Å². The van der Waals surface area contributed by atoms with E-state index in [2.05, 4.69) is 29.9 Å². The number of rotatable bonds is 5. The molecule has 0 amide bonds. The minimum Gasteiger partial charge on any atom is -0.328 e. The Balaban J connectivity index is 1.63. The first-order valence-corrected chi connectivity index (χ1v) is 10.0. The minimum atomic E-state index is 0.678. The van der Waals surface area contributed by atoms with Gasteiger partial charge in [0.2, 0.25) is 0 Å². The highest BCUT2D eigenvalue weighted by atomic mass is 32.2. The van der Waals surface area contributed by atoms with Crippen molar-refractivity contribution in [3.05, 3.63) is 61.1 Å². The number of H-pyrrole nitrogens is 1. The zero-order valence-electron chi connectivity index (χ0n) is 14.7. The lowest BCUT2D eigenvalue weighted by molar-refractivity contribution is 1.03. The van der Waals surface area contributed by atoms with Gasteiger partial charge in [0.15, 0.2) is 11.5 Å². The number of hydrogen-bond donors (Lipinski definition) is 2. The average molecular weight is 407 g/mol. The average Bonchev–Trinajstić information content (AvgIpc) is 3.43. The van der Waals surface area contributed by atoms with Crippen LogP contribution in [0.4, 0.5) is 10.8 Å². The molecule has 5 aromatic heterocycles. The van der Waals surface area contributed by atoms with Gasteiger partial charge < -0.3 is 5.32 Å². The minimum absolute atomic E-state index is 0.678.